The van der Waals surface area contributed by atoms with E-state index in [1.807, 2.05) is 0 Å². The van der Waals surface area contributed by atoms with Gasteiger partial charge in [-0.05, 0) is 47.7 Å². The van der Waals surface area contributed by atoms with E-state index in [9.17, 15) is 0 Å². The van der Waals surface area contributed by atoms with Gasteiger partial charge >= 0.3 is 16.5 Å². The fraction of sp³-hybridized carbons (Fsp3) is 0. The van der Waals surface area contributed by atoms with E-state index in [1.54, 1.807) is 0 Å². The molecule has 11 heteroatoms. The fourth-order valence-corrected chi connectivity index (χ4v) is 8.97. The van der Waals surface area contributed by atoms with Gasteiger partial charge in [0, 0.05) is 0 Å². The number of hydrogen-bond donors (Lipinski definition) is 0. The molecule has 0 saturated heterocycles. The first-order valence-electron chi connectivity index (χ1n) is 13.9. The van der Waals surface area contributed by atoms with Crippen LogP contribution in [0.2, 0.25) is 0 Å². The van der Waals surface area contributed by atoms with Gasteiger partial charge in [-0.3, -0.25) is 0 Å². The van der Waals surface area contributed by atoms with Gasteiger partial charge < -0.3 is 30.6 Å². The Hall–Kier alpha value is -4.93. The molecule has 0 atom stereocenters. The molecule has 0 spiro atoms. The zero-order valence-corrected chi connectivity index (χ0v) is 27.7. The predicted molar refractivity (Wildman–Crippen MR) is 191 cm³/mol. The Morgan fingerprint density at radius 2 is 0.404 bits per heavy atom. The number of nitrogens with zero attached hydrogens (tertiary/aromatic N) is 2. The quantitative estimate of drug-likeness (QED) is 0.0851. The van der Waals surface area contributed by atoms with Gasteiger partial charge in [0.15, 0.2) is 0 Å². The molecule has 0 N–H and O–H groups in total. The van der Waals surface area contributed by atoms with E-state index < -0.39 is 26.0 Å². The molecule has 0 aliphatic rings. The maximum atomic E-state index is 8.25. The molecule has 0 saturated carbocycles. The fourth-order valence-electron chi connectivity index (χ4n) is 4.36. The summed E-state index contributed by atoms with van der Waals surface area (Å²) in [6, 6.07) is 64.7. The van der Waals surface area contributed by atoms with Gasteiger partial charge in [0.25, 0.3) is 0 Å². The van der Waals surface area contributed by atoms with E-state index in [-0.39, 0.29) is 16.5 Å². The first-order valence-corrected chi connectivity index (χ1v) is 16.6. The molecular weight excluding hydrogens is 677 g/mol. The molecule has 0 radical (unpaired) electrons. The van der Waals surface area contributed by atoms with E-state index in [0.717, 1.165) is 0 Å². The molecule has 0 bridgehead atoms. The molecule has 0 aliphatic heterocycles. The number of benzene rings is 6. The van der Waals surface area contributed by atoms with Crippen LogP contribution in [0.3, 0.4) is 0 Å². The average Bonchev–Trinajstić information content (AvgIpc) is 3.08. The van der Waals surface area contributed by atoms with Gasteiger partial charge in [-0.15, -0.1) is 0 Å². The van der Waals surface area contributed by atoms with Crippen molar-refractivity contribution in [2.24, 2.45) is 0 Å². The Bertz CT molecular complexity index is 1380. The van der Waals surface area contributed by atoms with Crippen molar-refractivity contribution in [3.05, 3.63) is 213 Å². The van der Waals surface area contributed by atoms with E-state index in [4.69, 9.17) is 30.6 Å². The number of rotatable bonds is 6. The van der Waals surface area contributed by atoms with Crippen molar-refractivity contribution in [1.82, 2.24) is 0 Å². The molecule has 0 unspecified atom stereocenters. The van der Waals surface area contributed by atoms with Gasteiger partial charge in [-0.25, -0.2) is 0 Å². The van der Waals surface area contributed by atoms with Crippen LogP contribution in [0.15, 0.2) is 182 Å². The molecule has 8 nitrogen and oxygen atoms in total. The summed E-state index contributed by atoms with van der Waals surface area (Å²) in [5, 5.41) is 37.9. The van der Waals surface area contributed by atoms with Gasteiger partial charge in [-0.2, -0.15) is 0 Å². The standard InChI is InChI=1S/2C18H15P.2NO3.Ni/c2*1-4-10-16(11-5-1)19(17-12-6-2-7-13-17)18-14-8-3-9-15-18;2*2-1(3)4;/h2*1-15H;;;/q;;2*-1;+2. The van der Waals surface area contributed by atoms with Crippen LogP contribution in [0.5, 0.6) is 0 Å². The first kappa shape index (κ1) is 38.3. The van der Waals surface area contributed by atoms with Crippen molar-refractivity contribution in [1.29, 1.82) is 0 Å². The van der Waals surface area contributed by atoms with Crippen molar-refractivity contribution >= 4 is 47.7 Å². The van der Waals surface area contributed by atoms with Crippen molar-refractivity contribution in [2.75, 3.05) is 0 Å². The minimum atomic E-state index is -1.75. The largest absolute Gasteiger partial charge is 2.00 e. The summed E-state index contributed by atoms with van der Waals surface area (Å²) in [5.41, 5.74) is 0. The van der Waals surface area contributed by atoms with E-state index in [2.05, 4.69) is 182 Å². The van der Waals surface area contributed by atoms with Crippen molar-refractivity contribution < 1.29 is 26.7 Å². The van der Waals surface area contributed by atoms with E-state index >= 15 is 0 Å². The summed E-state index contributed by atoms with van der Waals surface area (Å²) < 4.78 is 0. The van der Waals surface area contributed by atoms with Gasteiger partial charge in [0.1, 0.15) is 0 Å². The van der Waals surface area contributed by atoms with Crippen LogP contribution >= 0.6 is 15.8 Å². The summed E-state index contributed by atoms with van der Waals surface area (Å²) in [4.78, 5) is 16.5. The Balaban J connectivity index is 0.000000262. The van der Waals surface area contributed by atoms with E-state index in [0.29, 0.717) is 0 Å². The van der Waals surface area contributed by atoms with Crippen LogP contribution in [0, 0.1) is 30.6 Å². The third-order valence-corrected chi connectivity index (χ3v) is 11.0. The minimum Gasteiger partial charge on any atom is -0.356 e. The van der Waals surface area contributed by atoms with Crippen LogP contribution in [-0.2, 0) is 16.5 Å². The Labute approximate surface area is 286 Å². The zero-order valence-electron chi connectivity index (χ0n) is 24.9. The predicted octanol–water partition coefficient (Wildman–Crippen LogP) is 6.41. The third kappa shape index (κ3) is 13.9. The zero-order chi connectivity index (χ0) is 33.0. The summed E-state index contributed by atoms with van der Waals surface area (Å²) in [5.74, 6) is 0. The summed E-state index contributed by atoms with van der Waals surface area (Å²) >= 11 is 0. The molecule has 240 valence electrons. The van der Waals surface area contributed by atoms with Gasteiger partial charge in [0.2, 0.25) is 0 Å². The van der Waals surface area contributed by atoms with Crippen LogP contribution < -0.4 is 31.8 Å². The molecule has 6 aromatic rings. The smallest absolute Gasteiger partial charge is 0.356 e. The molecule has 6 aromatic carbocycles. The monoisotopic (exact) mass is 706 g/mol. The molecule has 0 aliphatic carbocycles. The van der Waals surface area contributed by atoms with Crippen molar-refractivity contribution in [2.45, 2.75) is 0 Å². The second kappa shape index (κ2) is 21.7. The van der Waals surface area contributed by atoms with Crippen LogP contribution in [-0.4, -0.2) is 10.2 Å². The summed E-state index contributed by atoms with van der Waals surface area (Å²) in [6.07, 6.45) is 0. The molecule has 0 fully saturated rings. The Kier molecular flexibility index (Phi) is 17.7. The topological polar surface area (TPSA) is 132 Å². The van der Waals surface area contributed by atoms with Crippen LogP contribution in [0.25, 0.3) is 0 Å². The summed E-state index contributed by atoms with van der Waals surface area (Å²) in [7, 11) is -0.892. The SMILES string of the molecule is O=[N+]([O-])[O-].O=[N+]([O-])[O-].[Ni+2].c1ccc(P(c2ccccc2)c2ccccc2)cc1.c1ccc(P(c2ccccc2)c2ccccc2)cc1. The minimum absolute atomic E-state index is 0. The van der Waals surface area contributed by atoms with Gasteiger partial charge in [-0.1, -0.05) is 182 Å². The second-order valence-electron chi connectivity index (χ2n) is 9.13. The van der Waals surface area contributed by atoms with Gasteiger partial charge in [0.05, 0.1) is 10.2 Å². The first-order chi connectivity index (χ1) is 22.4. The molecule has 6 rings (SSSR count). The molecule has 0 aromatic heterocycles. The van der Waals surface area contributed by atoms with E-state index in [1.165, 1.54) is 31.8 Å². The Morgan fingerprint density at radius 1 is 0.298 bits per heavy atom. The third-order valence-electron chi connectivity index (χ3n) is 6.09. The molecule has 0 heterocycles. The van der Waals surface area contributed by atoms with Crippen molar-refractivity contribution in [3.8, 4) is 0 Å². The normalized spacial score (nSPS) is 9.57. The molecule has 47 heavy (non-hydrogen) atoms. The maximum Gasteiger partial charge on any atom is 2.00 e. The second-order valence-corrected chi connectivity index (χ2v) is 13.6. The molecular formula is C36H30N2NiO6P2. The average molecular weight is 707 g/mol. The molecule has 0 amide bonds. The Morgan fingerprint density at radius 3 is 0.511 bits per heavy atom. The van der Waals surface area contributed by atoms with Crippen LogP contribution in [0.1, 0.15) is 0 Å². The van der Waals surface area contributed by atoms with Crippen LogP contribution in [0.4, 0.5) is 0 Å². The number of hydrogen-bond acceptors (Lipinski definition) is 6. The maximum absolute atomic E-state index is 8.25. The van der Waals surface area contributed by atoms with Crippen molar-refractivity contribution in [3.63, 3.8) is 0 Å². The summed E-state index contributed by atoms with van der Waals surface area (Å²) in [6.45, 7) is 0.